The Balaban J connectivity index is 1.97. The quantitative estimate of drug-likeness (QED) is 0.657. The first-order chi connectivity index (χ1) is 9.62. The Morgan fingerprint density at radius 3 is 2.45 bits per heavy atom. The fraction of sp³-hybridized carbons (Fsp3) is 0.0714. The van der Waals surface area contributed by atoms with Gasteiger partial charge in [0.15, 0.2) is 0 Å². The van der Waals surface area contributed by atoms with E-state index in [-0.39, 0.29) is 0 Å². The van der Waals surface area contributed by atoms with E-state index in [1.54, 1.807) is 30.3 Å². The first-order valence-electron chi connectivity index (χ1n) is 6.07. The predicted octanol–water partition coefficient (Wildman–Crippen LogP) is 2.83. The number of rotatable bonds is 2. The van der Waals surface area contributed by atoms with Crippen LogP contribution in [-0.2, 0) is 9.30 Å². The predicted molar refractivity (Wildman–Crippen MR) is 78.7 cm³/mol. The van der Waals surface area contributed by atoms with Gasteiger partial charge in [-0.05, 0) is 30.3 Å². The molecule has 0 bridgehead atoms. The summed E-state index contributed by atoms with van der Waals surface area (Å²) in [7, 11) is -1.59. The number of carbonyl (C=O) groups is 1. The number of ether oxygens (including phenoxy) is 1. The van der Waals surface area contributed by atoms with E-state index in [9.17, 15) is 9.36 Å². The van der Waals surface area contributed by atoms with Crippen molar-refractivity contribution in [3.63, 3.8) is 0 Å². The molecule has 5 nitrogen and oxygen atoms in total. The van der Waals surface area contributed by atoms with Gasteiger partial charge in [0, 0.05) is 0 Å². The highest BCUT2D eigenvalue weighted by atomic mass is 31.2. The first kappa shape index (κ1) is 12.8. The van der Waals surface area contributed by atoms with Gasteiger partial charge in [-0.1, -0.05) is 18.2 Å². The maximum absolute atomic E-state index is 12.9. The van der Waals surface area contributed by atoms with Crippen LogP contribution in [0.4, 0.5) is 11.4 Å². The topological polar surface area (TPSA) is 67.4 Å². The molecule has 0 aromatic heterocycles. The van der Waals surface area contributed by atoms with E-state index in [2.05, 4.69) is 14.9 Å². The van der Waals surface area contributed by atoms with E-state index in [0.717, 1.165) is 0 Å². The van der Waals surface area contributed by atoms with Gasteiger partial charge in [-0.25, -0.2) is 4.79 Å². The van der Waals surface area contributed by atoms with E-state index in [0.29, 0.717) is 22.2 Å². The van der Waals surface area contributed by atoms with Gasteiger partial charge in [0.25, 0.3) is 7.44 Å². The molecule has 0 radical (unpaired) electrons. The minimum Gasteiger partial charge on any atom is -0.465 e. The second kappa shape index (κ2) is 4.69. The van der Waals surface area contributed by atoms with Gasteiger partial charge in [-0.2, -0.15) is 0 Å². The van der Waals surface area contributed by atoms with Gasteiger partial charge in [-0.3, -0.25) is 4.57 Å². The van der Waals surface area contributed by atoms with E-state index in [1.165, 1.54) is 7.11 Å². The lowest BCUT2D eigenvalue weighted by Gasteiger charge is -2.12. The van der Waals surface area contributed by atoms with Gasteiger partial charge in [0.1, 0.15) is 0 Å². The molecular weight excluding hydrogens is 275 g/mol. The highest BCUT2D eigenvalue weighted by Gasteiger charge is 2.32. The molecule has 6 heteroatoms. The second-order valence-corrected chi connectivity index (χ2v) is 6.60. The number of carbonyl (C=O) groups excluding carboxylic acids is 1. The maximum Gasteiger partial charge on any atom is 0.337 e. The van der Waals surface area contributed by atoms with Crippen LogP contribution in [0.2, 0.25) is 0 Å². The third-order valence-electron chi connectivity index (χ3n) is 3.12. The lowest BCUT2D eigenvalue weighted by molar-refractivity contribution is 0.0601. The van der Waals surface area contributed by atoms with E-state index >= 15 is 0 Å². The zero-order valence-electron chi connectivity index (χ0n) is 10.8. The normalized spacial score (nSPS) is 19.6. The largest absolute Gasteiger partial charge is 0.465 e. The number of fused-ring (bicyclic) bond motifs is 1. The average molecular weight is 288 g/mol. The zero-order chi connectivity index (χ0) is 14.2. The number of nitrogens with one attached hydrogen (secondary N) is 2. The van der Waals surface area contributed by atoms with Crippen molar-refractivity contribution in [1.82, 2.24) is 0 Å². The molecule has 1 aliphatic heterocycles. The number of benzene rings is 2. The maximum atomic E-state index is 12.9. The Kier molecular flexibility index (Phi) is 2.99. The Labute approximate surface area is 116 Å². The molecule has 2 aromatic carbocycles. The summed E-state index contributed by atoms with van der Waals surface area (Å²) in [6, 6.07) is 14.1. The lowest BCUT2D eigenvalue weighted by Crippen LogP contribution is -2.12. The van der Waals surface area contributed by atoms with Crippen molar-refractivity contribution in [1.29, 1.82) is 0 Å². The fourth-order valence-electron chi connectivity index (χ4n) is 2.11. The summed E-state index contributed by atoms with van der Waals surface area (Å²) >= 11 is 0. The molecule has 20 heavy (non-hydrogen) atoms. The van der Waals surface area contributed by atoms with Gasteiger partial charge < -0.3 is 14.9 Å². The van der Waals surface area contributed by atoms with Crippen molar-refractivity contribution in [2.24, 2.45) is 0 Å². The molecule has 2 aromatic rings. The third kappa shape index (κ3) is 2.06. The van der Waals surface area contributed by atoms with E-state index in [4.69, 9.17) is 0 Å². The van der Waals surface area contributed by atoms with Crippen molar-refractivity contribution in [3.8, 4) is 0 Å². The van der Waals surface area contributed by atoms with E-state index in [1.807, 2.05) is 18.2 Å². The molecule has 0 saturated carbocycles. The van der Waals surface area contributed by atoms with Crippen LogP contribution in [0.15, 0.2) is 48.5 Å². The molecule has 0 aliphatic carbocycles. The highest BCUT2D eigenvalue weighted by molar-refractivity contribution is 7.74. The Morgan fingerprint density at radius 2 is 1.75 bits per heavy atom. The highest BCUT2D eigenvalue weighted by Crippen LogP contribution is 2.53. The molecular formula is C14H13N2O3P. The lowest BCUT2D eigenvalue weighted by atomic mass is 10.2. The average Bonchev–Trinajstić information content (AvgIpc) is 2.84. The van der Waals surface area contributed by atoms with Gasteiger partial charge in [0.05, 0.1) is 29.4 Å². The molecule has 0 amide bonds. The summed E-state index contributed by atoms with van der Waals surface area (Å²) in [5.74, 6) is -0.420. The summed E-state index contributed by atoms with van der Waals surface area (Å²) < 4.78 is 17.6. The van der Waals surface area contributed by atoms with Gasteiger partial charge in [0.2, 0.25) is 0 Å². The van der Waals surface area contributed by atoms with E-state index < -0.39 is 13.4 Å². The van der Waals surface area contributed by atoms with Crippen molar-refractivity contribution in [2.45, 2.75) is 0 Å². The number of methoxy groups -OCH3 is 1. The summed E-state index contributed by atoms with van der Waals surface area (Å²) in [4.78, 5) is 11.5. The standard InChI is InChI=1S/C14H13N2O3P/c1-19-14(17)10-7-8-12-13(9-10)16-20(18,15-12)11-5-3-2-4-6-11/h2-9H,1H3,(H2,15,16,18). The summed E-state index contributed by atoms with van der Waals surface area (Å²) in [6.45, 7) is 0. The minimum absolute atomic E-state index is 0.419. The van der Waals surface area contributed by atoms with Crippen molar-refractivity contribution in [3.05, 3.63) is 54.1 Å². The van der Waals surface area contributed by atoms with Crippen LogP contribution in [0, 0.1) is 0 Å². The molecule has 0 fully saturated rings. The monoisotopic (exact) mass is 288 g/mol. The number of hydrogen-bond donors (Lipinski definition) is 2. The second-order valence-electron chi connectivity index (χ2n) is 4.42. The zero-order valence-corrected chi connectivity index (χ0v) is 11.7. The molecule has 102 valence electrons. The minimum atomic E-state index is -2.91. The number of esters is 1. The Hall–Kier alpha value is -2.26. The molecule has 3 rings (SSSR count). The third-order valence-corrected chi connectivity index (χ3v) is 5.25. The van der Waals surface area contributed by atoms with Crippen LogP contribution in [0.3, 0.4) is 0 Å². The summed E-state index contributed by atoms with van der Waals surface area (Å²) in [6.07, 6.45) is 0. The molecule has 1 unspecified atom stereocenters. The summed E-state index contributed by atoms with van der Waals surface area (Å²) in [5.41, 5.74) is 1.77. The molecule has 2 N–H and O–H groups in total. The molecule has 1 heterocycles. The van der Waals surface area contributed by atoms with Crippen LogP contribution >= 0.6 is 7.44 Å². The Morgan fingerprint density at radius 1 is 1.05 bits per heavy atom. The van der Waals surface area contributed by atoms with Crippen molar-refractivity contribution in [2.75, 3.05) is 17.3 Å². The summed E-state index contributed by atoms with van der Waals surface area (Å²) in [5, 5.41) is 6.68. The first-order valence-corrected chi connectivity index (χ1v) is 7.78. The van der Waals surface area contributed by atoms with Crippen LogP contribution in [0.1, 0.15) is 10.4 Å². The van der Waals surface area contributed by atoms with Gasteiger partial charge in [-0.15, -0.1) is 0 Å². The van der Waals surface area contributed by atoms with Gasteiger partial charge >= 0.3 is 5.97 Å². The molecule has 0 spiro atoms. The SMILES string of the molecule is COC(=O)c1ccc2c(c1)NP(=O)(c1ccccc1)N2. The van der Waals surface area contributed by atoms with Crippen molar-refractivity contribution < 1.29 is 14.1 Å². The molecule has 1 aliphatic rings. The van der Waals surface area contributed by atoms with Crippen LogP contribution in [0.25, 0.3) is 0 Å². The Bertz CT molecular complexity index is 716. The van der Waals surface area contributed by atoms with Crippen molar-refractivity contribution >= 4 is 30.1 Å². The smallest absolute Gasteiger partial charge is 0.337 e. The van der Waals surface area contributed by atoms with Crippen LogP contribution in [-0.4, -0.2) is 13.1 Å². The molecule has 1 atom stereocenters. The fourth-order valence-corrected chi connectivity index (χ4v) is 4.08. The molecule has 0 saturated heterocycles. The number of hydrogen-bond acceptors (Lipinski definition) is 3. The van der Waals surface area contributed by atoms with Crippen LogP contribution < -0.4 is 15.5 Å². The number of anilines is 2. The van der Waals surface area contributed by atoms with Crippen LogP contribution in [0.5, 0.6) is 0 Å².